The van der Waals surface area contributed by atoms with E-state index in [2.05, 4.69) is 11.0 Å². The number of allylic oxidation sites excluding steroid dienone is 1. The van der Waals surface area contributed by atoms with E-state index in [1.807, 2.05) is 13.0 Å². The Kier molecular flexibility index (Phi) is 2.12. The van der Waals surface area contributed by atoms with Crippen LogP contribution in [0.3, 0.4) is 0 Å². The van der Waals surface area contributed by atoms with E-state index in [0.29, 0.717) is 12.0 Å². The largest absolute Gasteiger partial charge is 0.481 e. The van der Waals surface area contributed by atoms with Crippen molar-refractivity contribution in [2.24, 2.45) is 11.8 Å². The minimum absolute atomic E-state index is 0.0785. The smallest absolute Gasteiger partial charge is 0.308 e. The van der Waals surface area contributed by atoms with Gasteiger partial charge in [0.25, 0.3) is 0 Å². The van der Waals surface area contributed by atoms with E-state index < -0.39 is 5.97 Å². The average molecular weight is 181 g/mol. The van der Waals surface area contributed by atoms with Gasteiger partial charge in [0.15, 0.2) is 0 Å². The summed E-state index contributed by atoms with van der Waals surface area (Å²) in [6, 6.07) is 0.318. The fourth-order valence-electron chi connectivity index (χ4n) is 2.54. The molecular formula is C10H15NO2. The lowest BCUT2D eigenvalue weighted by Crippen LogP contribution is -2.43. The number of hydrogen-bond acceptors (Lipinski definition) is 2. The van der Waals surface area contributed by atoms with Crippen molar-refractivity contribution in [2.75, 3.05) is 13.1 Å². The van der Waals surface area contributed by atoms with Crippen LogP contribution in [0.4, 0.5) is 0 Å². The van der Waals surface area contributed by atoms with E-state index in [4.69, 9.17) is 5.11 Å². The summed E-state index contributed by atoms with van der Waals surface area (Å²) < 4.78 is 0. The molecule has 3 rings (SSSR count). The molecule has 3 nitrogen and oxygen atoms in total. The van der Waals surface area contributed by atoms with E-state index in [1.54, 1.807) is 0 Å². The van der Waals surface area contributed by atoms with Crippen molar-refractivity contribution in [3.8, 4) is 0 Å². The van der Waals surface area contributed by atoms with Crippen LogP contribution in [0.2, 0.25) is 0 Å². The minimum Gasteiger partial charge on any atom is -0.481 e. The number of hydrogen-bond donors (Lipinski definition) is 1. The molecule has 0 spiro atoms. The van der Waals surface area contributed by atoms with Crippen molar-refractivity contribution < 1.29 is 9.90 Å². The predicted molar refractivity (Wildman–Crippen MR) is 49.4 cm³/mol. The van der Waals surface area contributed by atoms with E-state index in [1.165, 1.54) is 0 Å². The highest BCUT2D eigenvalue weighted by atomic mass is 16.4. The molecule has 1 saturated carbocycles. The summed E-state index contributed by atoms with van der Waals surface area (Å²) in [4.78, 5) is 13.1. The maximum absolute atomic E-state index is 10.8. The number of carboxylic acid groups (broad SMARTS) is 1. The Morgan fingerprint density at radius 1 is 1.69 bits per heavy atom. The number of carbonyl (C=O) groups is 1. The standard InChI is InChI=1S/C10H15NO2/c1-2-3-4-11-6-7-5-8(11)9(7)10(12)13/h2-3,7-9H,4-6H2,1H3,(H,12,13)/b3-2+. The number of rotatable bonds is 3. The highest BCUT2D eigenvalue weighted by Gasteiger charge is 2.54. The molecule has 1 aliphatic carbocycles. The van der Waals surface area contributed by atoms with Gasteiger partial charge in [-0.05, 0) is 19.3 Å². The molecule has 72 valence electrons. The maximum atomic E-state index is 10.8. The Hall–Kier alpha value is -0.830. The number of carboxylic acids is 1. The van der Waals surface area contributed by atoms with Crippen LogP contribution in [0.1, 0.15) is 13.3 Å². The van der Waals surface area contributed by atoms with Gasteiger partial charge in [-0.15, -0.1) is 0 Å². The van der Waals surface area contributed by atoms with Crippen LogP contribution in [-0.2, 0) is 4.79 Å². The zero-order chi connectivity index (χ0) is 9.42. The van der Waals surface area contributed by atoms with E-state index in [9.17, 15) is 4.79 Å². The zero-order valence-electron chi connectivity index (χ0n) is 7.81. The summed E-state index contributed by atoms with van der Waals surface area (Å²) in [6.45, 7) is 3.89. The van der Waals surface area contributed by atoms with E-state index in [-0.39, 0.29) is 5.92 Å². The molecule has 0 aromatic heterocycles. The Bertz CT molecular complexity index is 249. The maximum Gasteiger partial charge on any atom is 0.308 e. The fourth-order valence-corrected chi connectivity index (χ4v) is 2.54. The molecule has 3 atom stereocenters. The summed E-state index contributed by atoms with van der Waals surface area (Å²) in [7, 11) is 0. The van der Waals surface area contributed by atoms with Crippen LogP contribution >= 0.6 is 0 Å². The van der Waals surface area contributed by atoms with Crippen molar-refractivity contribution in [1.82, 2.24) is 4.90 Å². The SMILES string of the molecule is C/C=C/CN1CC2CC1C2C(=O)O. The van der Waals surface area contributed by atoms with Gasteiger partial charge >= 0.3 is 5.97 Å². The second kappa shape index (κ2) is 3.14. The molecule has 3 heteroatoms. The van der Waals surface area contributed by atoms with Crippen LogP contribution in [0, 0.1) is 11.8 Å². The van der Waals surface area contributed by atoms with Gasteiger partial charge in [0, 0.05) is 19.1 Å². The molecule has 3 aliphatic rings. The van der Waals surface area contributed by atoms with Crippen molar-refractivity contribution >= 4 is 5.97 Å². The lowest BCUT2D eigenvalue weighted by Gasteiger charge is -2.33. The molecule has 2 bridgehead atoms. The summed E-state index contributed by atoms with van der Waals surface area (Å²) in [5.74, 6) is -0.262. The first-order valence-corrected chi connectivity index (χ1v) is 4.82. The minimum atomic E-state index is -0.607. The molecule has 2 saturated heterocycles. The molecule has 3 fully saturated rings. The molecule has 2 heterocycles. The van der Waals surface area contributed by atoms with Crippen LogP contribution in [0.5, 0.6) is 0 Å². The highest BCUT2D eigenvalue weighted by Crippen LogP contribution is 2.46. The van der Waals surface area contributed by atoms with Crippen molar-refractivity contribution in [3.05, 3.63) is 12.2 Å². The Morgan fingerprint density at radius 2 is 2.46 bits per heavy atom. The van der Waals surface area contributed by atoms with Crippen molar-refractivity contribution in [1.29, 1.82) is 0 Å². The van der Waals surface area contributed by atoms with Crippen LogP contribution in [0.25, 0.3) is 0 Å². The third-order valence-electron chi connectivity index (χ3n) is 3.27. The van der Waals surface area contributed by atoms with E-state index >= 15 is 0 Å². The molecule has 1 N–H and O–H groups in total. The number of aliphatic carboxylic acids is 1. The van der Waals surface area contributed by atoms with Gasteiger partial charge in [0.05, 0.1) is 5.92 Å². The second-order valence-corrected chi connectivity index (χ2v) is 3.95. The third-order valence-corrected chi connectivity index (χ3v) is 3.27. The topological polar surface area (TPSA) is 40.5 Å². The summed E-state index contributed by atoms with van der Waals surface area (Å²) in [6.07, 6.45) is 5.21. The summed E-state index contributed by atoms with van der Waals surface area (Å²) >= 11 is 0. The lowest BCUT2D eigenvalue weighted by molar-refractivity contribution is -0.147. The predicted octanol–water partition coefficient (Wildman–Crippen LogP) is 0.967. The van der Waals surface area contributed by atoms with Crippen molar-refractivity contribution in [3.63, 3.8) is 0 Å². The molecule has 0 radical (unpaired) electrons. The average Bonchev–Trinajstić information content (AvgIpc) is 2.55. The van der Waals surface area contributed by atoms with Crippen LogP contribution in [0.15, 0.2) is 12.2 Å². The first-order chi connectivity index (χ1) is 6.24. The second-order valence-electron chi connectivity index (χ2n) is 3.95. The molecular weight excluding hydrogens is 166 g/mol. The van der Waals surface area contributed by atoms with Gasteiger partial charge in [-0.3, -0.25) is 9.69 Å². The monoisotopic (exact) mass is 181 g/mol. The van der Waals surface area contributed by atoms with Gasteiger partial charge in [-0.2, -0.15) is 0 Å². The zero-order valence-corrected chi connectivity index (χ0v) is 7.81. The number of nitrogens with zero attached hydrogens (tertiary/aromatic N) is 1. The van der Waals surface area contributed by atoms with Gasteiger partial charge in [-0.1, -0.05) is 12.2 Å². The molecule has 0 aromatic rings. The van der Waals surface area contributed by atoms with Crippen LogP contribution < -0.4 is 0 Å². The molecule has 0 amide bonds. The normalized spacial score (nSPS) is 38.1. The lowest BCUT2D eigenvalue weighted by atomic mass is 9.74. The third kappa shape index (κ3) is 1.27. The Balaban J connectivity index is 1.95. The molecule has 2 aliphatic heterocycles. The molecule has 0 aromatic carbocycles. The van der Waals surface area contributed by atoms with Gasteiger partial charge < -0.3 is 5.11 Å². The van der Waals surface area contributed by atoms with Crippen molar-refractivity contribution in [2.45, 2.75) is 19.4 Å². The Labute approximate surface area is 78.0 Å². The van der Waals surface area contributed by atoms with Gasteiger partial charge in [0.1, 0.15) is 0 Å². The quantitative estimate of drug-likeness (QED) is 0.659. The summed E-state index contributed by atoms with van der Waals surface area (Å²) in [5, 5.41) is 8.91. The van der Waals surface area contributed by atoms with Crippen LogP contribution in [-0.4, -0.2) is 35.1 Å². The van der Waals surface area contributed by atoms with E-state index in [0.717, 1.165) is 19.5 Å². The first-order valence-electron chi connectivity index (χ1n) is 4.82. The fraction of sp³-hybridized carbons (Fsp3) is 0.700. The van der Waals surface area contributed by atoms with Gasteiger partial charge in [0.2, 0.25) is 0 Å². The Morgan fingerprint density at radius 3 is 3.00 bits per heavy atom. The number of fused-ring (bicyclic) bond motifs is 1. The summed E-state index contributed by atoms with van der Waals surface area (Å²) in [5.41, 5.74) is 0. The highest BCUT2D eigenvalue weighted by molar-refractivity contribution is 5.73. The molecule has 13 heavy (non-hydrogen) atoms. The molecule has 3 unspecified atom stereocenters. The van der Waals surface area contributed by atoms with Gasteiger partial charge in [-0.25, -0.2) is 0 Å². The first kappa shape index (κ1) is 8.75.